The monoisotopic (exact) mass is 285 g/mol. The van der Waals surface area contributed by atoms with E-state index in [1.165, 1.54) is 0 Å². The van der Waals surface area contributed by atoms with E-state index in [-0.39, 0.29) is 6.42 Å². The summed E-state index contributed by atoms with van der Waals surface area (Å²) in [6.07, 6.45) is 4.34. The highest BCUT2D eigenvalue weighted by Gasteiger charge is 2.01. The number of carboxylic acids is 1. The molecule has 1 heterocycles. The van der Waals surface area contributed by atoms with Crippen LogP contribution in [0.25, 0.3) is 11.1 Å². The molecule has 0 saturated carbocycles. The van der Waals surface area contributed by atoms with E-state index < -0.39 is 5.97 Å². The van der Waals surface area contributed by atoms with Crippen LogP contribution in [-0.2, 0) is 4.79 Å². The lowest BCUT2D eigenvalue weighted by Crippen LogP contribution is -2.00. The Labute approximate surface area is 124 Å². The number of aliphatic carboxylic acids is 1. The van der Waals surface area contributed by atoms with Crippen LogP contribution >= 0.6 is 0 Å². The smallest absolute Gasteiger partial charge is 0.303 e. The summed E-state index contributed by atoms with van der Waals surface area (Å²) in [6.45, 7) is 0.560. The first-order chi connectivity index (χ1) is 10.3. The number of aromatic nitrogens is 1. The van der Waals surface area contributed by atoms with Gasteiger partial charge in [0.15, 0.2) is 0 Å². The lowest BCUT2D eigenvalue weighted by Gasteiger charge is -2.07. The van der Waals surface area contributed by atoms with Gasteiger partial charge in [-0.05, 0) is 36.5 Å². The van der Waals surface area contributed by atoms with Gasteiger partial charge in [-0.2, -0.15) is 0 Å². The van der Waals surface area contributed by atoms with E-state index in [9.17, 15) is 4.79 Å². The van der Waals surface area contributed by atoms with Crippen LogP contribution in [0, 0.1) is 0 Å². The molecule has 1 N–H and O–H groups in total. The van der Waals surface area contributed by atoms with Gasteiger partial charge in [-0.3, -0.25) is 4.79 Å². The zero-order chi connectivity index (χ0) is 14.9. The summed E-state index contributed by atoms with van der Waals surface area (Å²) in [6, 6.07) is 14.0. The molecule has 0 aliphatic carbocycles. The standard InChI is InChI=1S/C17H19NO3/c19-17(20)9-5-2-6-12-21-16-13-15(10-11-18-16)14-7-3-1-4-8-14/h1,3-4,7-8,10-11,13H,2,5-6,9,12H2,(H,19,20). The van der Waals surface area contributed by atoms with Crippen LogP contribution < -0.4 is 4.74 Å². The van der Waals surface area contributed by atoms with E-state index >= 15 is 0 Å². The van der Waals surface area contributed by atoms with E-state index in [4.69, 9.17) is 9.84 Å². The van der Waals surface area contributed by atoms with Crippen LogP contribution in [0.1, 0.15) is 25.7 Å². The molecule has 0 saturated heterocycles. The Morgan fingerprint density at radius 1 is 1.05 bits per heavy atom. The Hall–Kier alpha value is -2.36. The Balaban J connectivity index is 1.81. The van der Waals surface area contributed by atoms with E-state index in [2.05, 4.69) is 4.98 Å². The number of nitrogens with zero attached hydrogens (tertiary/aromatic N) is 1. The molecule has 0 radical (unpaired) electrons. The van der Waals surface area contributed by atoms with Gasteiger partial charge in [0.25, 0.3) is 0 Å². The van der Waals surface area contributed by atoms with Crippen molar-refractivity contribution >= 4 is 5.97 Å². The molecule has 0 aliphatic rings. The number of ether oxygens (including phenoxy) is 1. The topological polar surface area (TPSA) is 59.4 Å². The molecule has 2 rings (SSSR count). The molecule has 0 bridgehead atoms. The third kappa shape index (κ3) is 5.26. The van der Waals surface area contributed by atoms with Crippen molar-refractivity contribution in [3.8, 4) is 17.0 Å². The van der Waals surface area contributed by atoms with Crippen molar-refractivity contribution in [3.63, 3.8) is 0 Å². The predicted molar refractivity (Wildman–Crippen MR) is 81.3 cm³/mol. The third-order valence-electron chi connectivity index (χ3n) is 3.13. The molecular formula is C17H19NO3. The molecule has 1 aromatic carbocycles. The van der Waals surface area contributed by atoms with Crippen molar-refractivity contribution in [2.45, 2.75) is 25.7 Å². The summed E-state index contributed by atoms with van der Waals surface area (Å²) >= 11 is 0. The second-order valence-electron chi connectivity index (χ2n) is 4.80. The first kappa shape index (κ1) is 15.0. The van der Waals surface area contributed by atoms with Crippen molar-refractivity contribution in [2.24, 2.45) is 0 Å². The highest BCUT2D eigenvalue weighted by Crippen LogP contribution is 2.21. The predicted octanol–water partition coefficient (Wildman–Crippen LogP) is 3.77. The number of hydrogen-bond acceptors (Lipinski definition) is 3. The number of benzene rings is 1. The molecule has 110 valence electrons. The maximum absolute atomic E-state index is 10.4. The van der Waals surface area contributed by atoms with Crippen LogP contribution in [0.15, 0.2) is 48.7 Å². The van der Waals surface area contributed by atoms with Gasteiger partial charge >= 0.3 is 5.97 Å². The lowest BCUT2D eigenvalue weighted by atomic mass is 10.1. The molecule has 21 heavy (non-hydrogen) atoms. The SMILES string of the molecule is O=C(O)CCCCCOc1cc(-c2ccccc2)ccn1. The van der Waals surface area contributed by atoms with Crippen LogP contribution in [0.4, 0.5) is 0 Å². The van der Waals surface area contributed by atoms with Gasteiger partial charge in [0.2, 0.25) is 5.88 Å². The average molecular weight is 285 g/mol. The van der Waals surface area contributed by atoms with Crippen molar-refractivity contribution in [1.29, 1.82) is 0 Å². The van der Waals surface area contributed by atoms with Gasteiger partial charge in [0.05, 0.1) is 6.61 Å². The van der Waals surface area contributed by atoms with E-state index in [1.54, 1.807) is 6.20 Å². The summed E-state index contributed by atoms with van der Waals surface area (Å²) in [5.74, 6) is -0.136. The van der Waals surface area contributed by atoms with Crippen molar-refractivity contribution < 1.29 is 14.6 Å². The van der Waals surface area contributed by atoms with Gasteiger partial charge in [0, 0.05) is 18.7 Å². The number of rotatable bonds is 8. The summed E-state index contributed by atoms with van der Waals surface area (Å²) in [5.41, 5.74) is 2.21. The molecule has 0 fully saturated rings. The summed E-state index contributed by atoms with van der Waals surface area (Å²) in [4.78, 5) is 14.6. The Kier molecular flexibility index (Phi) is 5.76. The van der Waals surface area contributed by atoms with Gasteiger partial charge in [-0.15, -0.1) is 0 Å². The fraction of sp³-hybridized carbons (Fsp3) is 0.294. The molecule has 0 spiro atoms. The maximum Gasteiger partial charge on any atom is 0.303 e. The van der Waals surface area contributed by atoms with Crippen molar-refractivity contribution in [3.05, 3.63) is 48.7 Å². The molecule has 2 aromatic rings. The Morgan fingerprint density at radius 3 is 2.62 bits per heavy atom. The zero-order valence-corrected chi connectivity index (χ0v) is 11.9. The molecule has 0 unspecified atom stereocenters. The van der Waals surface area contributed by atoms with Gasteiger partial charge in [0.1, 0.15) is 0 Å². The highest BCUT2D eigenvalue weighted by molar-refractivity contribution is 5.66. The second-order valence-corrected chi connectivity index (χ2v) is 4.80. The van der Waals surface area contributed by atoms with Gasteiger partial charge in [-0.1, -0.05) is 30.3 Å². The van der Waals surface area contributed by atoms with Crippen molar-refractivity contribution in [2.75, 3.05) is 6.61 Å². The first-order valence-electron chi connectivity index (χ1n) is 7.12. The number of unbranched alkanes of at least 4 members (excludes halogenated alkanes) is 2. The van der Waals surface area contributed by atoms with Crippen LogP contribution in [0.2, 0.25) is 0 Å². The fourth-order valence-electron chi connectivity index (χ4n) is 2.03. The Bertz CT molecular complexity index is 569. The molecule has 0 atom stereocenters. The molecule has 1 aromatic heterocycles. The summed E-state index contributed by atoms with van der Waals surface area (Å²) in [7, 11) is 0. The van der Waals surface area contributed by atoms with E-state index in [0.717, 1.165) is 24.0 Å². The largest absolute Gasteiger partial charge is 0.481 e. The fourth-order valence-corrected chi connectivity index (χ4v) is 2.03. The number of carboxylic acid groups (broad SMARTS) is 1. The minimum atomic E-state index is -0.742. The minimum Gasteiger partial charge on any atom is -0.481 e. The van der Waals surface area contributed by atoms with E-state index in [0.29, 0.717) is 18.9 Å². The lowest BCUT2D eigenvalue weighted by molar-refractivity contribution is -0.137. The Morgan fingerprint density at radius 2 is 1.86 bits per heavy atom. The normalized spacial score (nSPS) is 10.3. The van der Waals surface area contributed by atoms with Crippen LogP contribution in [0.3, 0.4) is 0 Å². The first-order valence-corrected chi connectivity index (χ1v) is 7.12. The third-order valence-corrected chi connectivity index (χ3v) is 3.13. The quantitative estimate of drug-likeness (QED) is 0.750. The van der Waals surface area contributed by atoms with Gasteiger partial charge in [-0.25, -0.2) is 4.98 Å². The van der Waals surface area contributed by atoms with E-state index in [1.807, 2.05) is 42.5 Å². The molecular weight excluding hydrogens is 266 g/mol. The zero-order valence-electron chi connectivity index (χ0n) is 11.9. The molecule has 0 aliphatic heterocycles. The number of pyridine rings is 1. The molecule has 4 nitrogen and oxygen atoms in total. The molecule has 0 amide bonds. The second kappa shape index (κ2) is 8.04. The average Bonchev–Trinajstić information content (AvgIpc) is 2.52. The van der Waals surface area contributed by atoms with Crippen molar-refractivity contribution in [1.82, 2.24) is 4.98 Å². The number of hydrogen-bond donors (Lipinski definition) is 1. The van der Waals surface area contributed by atoms with Crippen LogP contribution in [0.5, 0.6) is 5.88 Å². The minimum absolute atomic E-state index is 0.224. The maximum atomic E-state index is 10.4. The van der Waals surface area contributed by atoms with Gasteiger partial charge < -0.3 is 9.84 Å². The van der Waals surface area contributed by atoms with Crippen LogP contribution in [-0.4, -0.2) is 22.7 Å². The summed E-state index contributed by atoms with van der Waals surface area (Å²) < 4.78 is 5.62. The number of carbonyl (C=O) groups is 1. The summed E-state index contributed by atoms with van der Waals surface area (Å²) in [5, 5.41) is 8.55. The highest BCUT2D eigenvalue weighted by atomic mass is 16.5. The molecule has 4 heteroatoms.